The molecule has 1 aromatic rings. The van der Waals surface area contributed by atoms with Crippen molar-refractivity contribution in [3.63, 3.8) is 0 Å². The minimum atomic E-state index is -1.06. The second-order valence-electron chi connectivity index (χ2n) is 5.21. The third-order valence-electron chi connectivity index (χ3n) is 3.53. The van der Waals surface area contributed by atoms with Gasteiger partial charge >= 0.3 is 5.69 Å². The highest BCUT2D eigenvalue weighted by Crippen LogP contribution is 2.19. The number of nitrogens with two attached hydrogens (primary N) is 1. The summed E-state index contributed by atoms with van der Waals surface area (Å²) in [6.45, 7) is 0.476. The zero-order chi connectivity index (χ0) is 17.0. The molecule has 0 radical (unpaired) electrons. The van der Waals surface area contributed by atoms with Gasteiger partial charge in [0, 0.05) is 19.1 Å². The third-order valence-corrected chi connectivity index (χ3v) is 3.53. The molecule has 2 atom stereocenters. The van der Waals surface area contributed by atoms with Gasteiger partial charge in [0.2, 0.25) is 17.6 Å². The van der Waals surface area contributed by atoms with Gasteiger partial charge in [0.05, 0.1) is 4.92 Å². The molecule has 1 heterocycles. The second-order valence-corrected chi connectivity index (χ2v) is 5.21. The zero-order valence-corrected chi connectivity index (χ0v) is 12.2. The van der Waals surface area contributed by atoms with Gasteiger partial charge in [0.15, 0.2) is 0 Å². The summed E-state index contributed by atoms with van der Waals surface area (Å²) in [6, 6.07) is 2.20. The van der Waals surface area contributed by atoms with Crippen molar-refractivity contribution in [2.75, 3.05) is 6.61 Å². The van der Waals surface area contributed by atoms with Crippen molar-refractivity contribution in [3.8, 4) is 0 Å². The molecule has 1 aliphatic heterocycles. The maximum Gasteiger partial charge on any atom is 0.305 e. The van der Waals surface area contributed by atoms with Crippen molar-refractivity contribution in [1.82, 2.24) is 5.32 Å². The van der Waals surface area contributed by atoms with Gasteiger partial charge in [0.25, 0.3) is 0 Å². The van der Waals surface area contributed by atoms with Crippen molar-refractivity contribution in [1.29, 1.82) is 0 Å². The van der Waals surface area contributed by atoms with Crippen LogP contribution in [0.3, 0.4) is 0 Å². The molecular weight excluding hydrogens is 309 g/mol. The Morgan fingerprint density at radius 1 is 1.52 bits per heavy atom. The first-order valence-electron chi connectivity index (χ1n) is 7.02. The molecule has 9 heteroatoms. The Balaban J connectivity index is 2.10. The lowest BCUT2D eigenvalue weighted by atomic mass is 10.0. The van der Waals surface area contributed by atoms with E-state index in [1.807, 2.05) is 0 Å². The van der Waals surface area contributed by atoms with Gasteiger partial charge in [-0.25, -0.2) is 0 Å². The number of nitro groups is 1. The highest BCUT2D eigenvalue weighted by atomic mass is 19.1. The summed E-state index contributed by atoms with van der Waals surface area (Å²) in [5.74, 6) is -2.22. The molecule has 0 bridgehead atoms. The number of hydrogen-bond acceptors (Lipinski definition) is 5. The van der Waals surface area contributed by atoms with E-state index in [0.717, 1.165) is 18.6 Å². The normalized spacial score (nSPS) is 18.4. The van der Waals surface area contributed by atoms with Crippen LogP contribution in [0, 0.1) is 15.9 Å². The quantitative estimate of drug-likeness (QED) is 0.579. The number of nitrogens with one attached hydrogen (secondary N) is 1. The molecular formula is C14H16FN3O5. The van der Waals surface area contributed by atoms with Gasteiger partial charge in [0.1, 0.15) is 12.1 Å². The monoisotopic (exact) mass is 325 g/mol. The molecule has 1 aromatic carbocycles. The number of carbonyl (C=O) groups excluding carboxylic acids is 2. The minimum Gasteiger partial charge on any atom is -0.368 e. The number of primary amides is 1. The summed E-state index contributed by atoms with van der Waals surface area (Å²) < 4.78 is 18.5. The molecule has 8 nitrogen and oxygen atoms in total. The Hall–Kier alpha value is -2.55. The van der Waals surface area contributed by atoms with Crippen LogP contribution in [0.25, 0.3) is 0 Å². The Morgan fingerprint density at radius 3 is 2.83 bits per heavy atom. The summed E-state index contributed by atoms with van der Waals surface area (Å²) in [6.07, 6.45) is 0.608. The number of halogens is 1. The maximum absolute atomic E-state index is 13.3. The first kappa shape index (κ1) is 16.8. The van der Waals surface area contributed by atoms with E-state index >= 15 is 0 Å². The Morgan fingerprint density at radius 2 is 2.26 bits per heavy atom. The fourth-order valence-corrected chi connectivity index (χ4v) is 2.33. The van der Waals surface area contributed by atoms with Crippen LogP contribution < -0.4 is 11.1 Å². The van der Waals surface area contributed by atoms with Crippen molar-refractivity contribution >= 4 is 17.5 Å². The highest BCUT2D eigenvalue weighted by molar-refractivity contribution is 5.88. The Kier molecular flexibility index (Phi) is 5.22. The van der Waals surface area contributed by atoms with E-state index in [1.165, 1.54) is 6.07 Å². The maximum atomic E-state index is 13.3. The number of nitrogens with zero attached hydrogens (tertiary/aromatic N) is 1. The first-order valence-corrected chi connectivity index (χ1v) is 7.02. The van der Waals surface area contributed by atoms with Gasteiger partial charge in [-0.2, -0.15) is 4.39 Å². The topological polar surface area (TPSA) is 125 Å². The van der Waals surface area contributed by atoms with Crippen LogP contribution in [-0.4, -0.2) is 35.5 Å². The summed E-state index contributed by atoms with van der Waals surface area (Å²) in [5, 5.41) is 13.2. The number of hydrogen-bond donors (Lipinski definition) is 2. The van der Waals surface area contributed by atoms with E-state index in [1.54, 1.807) is 0 Å². The fraction of sp³-hybridized carbons (Fsp3) is 0.429. The van der Waals surface area contributed by atoms with Gasteiger partial charge in [-0.3, -0.25) is 19.7 Å². The van der Waals surface area contributed by atoms with Crippen LogP contribution in [0.5, 0.6) is 0 Å². The van der Waals surface area contributed by atoms with Crippen LogP contribution in [0.4, 0.5) is 10.1 Å². The van der Waals surface area contributed by atoms with Crippen LogP contribution in [0.2, 0.25) is 0 Å². The molecule has 1 saturated heterocycles. The van der Waals surface area contributed by atoms with E-state index in [0.29, 0.717) is 18.6 Å². The zero-order valence-electron chi connectivity index (χ0n) is 12.2. The van der Waals surface area contributed by atoms with E-state index in [2.05, 4.69) is 5.32 Å². The van der Waals surface area contributed by atoms with Gasteiger partial charge in [-0.1, -0.05) is 6.07 Å². The molecule has 1 fully saturated rings. The SMILES string of the molecule is NC(=O)[C@H](Cc1ccc(F)c([N+](=O)[O-])c1)NC(=O)[C@@H]1CCCO1. The largest absolute Gasteiger partial charge is 0.368 e. The molecule has 1 aliphatic rings. The summed E-state index contributed by atoms with van der Waals surface area (Å²) >= 11 is 0. The van der Waals surface area contributed by atoms with Crippen LogP contribution in [-0.2, 0) is 20.7 Å². The summed E-state index contributed by atoms with van der Waals surface area (Å²) in [5.41, 5.74) is 4.87. The molecule has 0 unspecified atom stereocenters. The van der Waals surface area contributed by atoms with Gasteiger partial charge < -0.3 is 15.8 Å². The molecule has 0 saturated carbocycles. The molecule has 0 aromatic heterocycles. The molecule has 2 rings (SSSR count). The lowest BCUT2D eigenvalue weighted by molar-refractivity contribution is -0.387. The average molecular weight is 325 g/mol. The summed E-state index contributed by atoms with van der Waals surface area (Å²) in [4.78, 5) is 33.3. The number of ether oxygens (including phenoxy) is 1. The van der Waals surface area contributed by atoms with Crippen molar-refractivity contribution < 1.29 is 23.6 Å². The van der Waals surface area contributed by atoms with Crippen LogP contribution in [0.15, 0.2) is 18.2 Å². The average Bonchev–Trinajstić information content (AvgIpc) is 3.02. The van der Waals surface area contributed by atoms with Crippen LogP contribution in [0.1, 0.15) is 18.4 Å². The Bertz CT molecular complexity index is 631. The van der Waals surface area contributed by atoms with Crippen molar-refractivity contribution in [3.05, 3.63) is 39.7 Å². The number of carbonyl (C=O) groups is 2. The highest BCUT2D eigenvalue weighted by Gasteiger charge is 2.28. The lowest BCUT2D eigenvalue weighted by Crippen LogP contribution is -2.49. The second kappa shape index (κ2) is 7.14. The van der Waals surface area contributed by atoms with Crippen molar-refractivity contribution in [2.24, 2.45) is 5.73 Å². The number of amides is 2. The molecule has 2 amide bonds. The number of rotatable bonds is 6. The van der Waals surface area contributed by atoms with E-state index in [9.17, 15) is 24.1 Å². The molecule has 0 aliphatic carbocycles. The third kappa shape index (κ3) is 4.22. The standard InChI is InChI=1S/C14H16FN3O5/c15-9-4-3-8(7-11(9)18(21)22)6-10(13(16)19)17-14(20)12-2-1-5-23-12/h3-4,7,10,12H,1-2,5-6H2,(H2,16,19)(H,17,20)/t10-,12-/m0/s1. The molecule has 3 N–H and O–H groups in total. The molecule has 23 heavy (non-hydrogen) atoms. The number of benzene rings is 1. The predicted molar refractivity (Wildman–Crippen MR) is 76.9 cm³/mol. The number of nitro benzene ring substituents is 1. The molecule has 0 spiro atoms. The van der Waals surface area contributed by atoms with Gasteiger partial charge in [-0.15, -0.1) is 0 Å². The Labute approximate surface area is 130 Å². The van der Waals surface area contributed by atoms with Crippen LogP contribution >= 0.6 is 0 Å². The predicted octanol–water partition coefficient (Wildman–Crippen LogP) is 0.425. The molecule has 124 valence electrons. The minimum absolute atomic E-state index is 0.0745. The smallest absolute Gasteiger partial charge is 0.305 e. The fourth-order valence-electron chi connectivity index (χ4n) is 2.33. The van der Waals surface area contributed by atoms with E-state index in [4.69, 9.17) is 10.5 Å². The van der Waals surface area contributed by atoms with E-state index in [-0.39, 0.29) is 6.42 Å². The summed E-state index contributed by atoms with van der Waals surface area (Å²) in [7, 11) is 0. The van der Waals surface area contributed by atoms with Gasteiger partial charge in [-0.05, 0) is 24.5 Å². The van der Waals surface area contributed by atoms with E-state index < -0.39 is 40.4 Å². The van der Waals surface area contributed by atoms with Crippen molar-refractivity contribution in [2.45, 2.75) is 31.4 Å². The lowest BCUT2D eigenvalue weighted by Gasteiger charge is -2.18. The first-order chi connectivity index (χ1) is 10.9.